The van der Waals surface area contributed by atoms with E-state index in [1.54, 1.807) is 62.4 Å². The molecule has 3 amide bonds. The Bertz CT molecular complexity index is 2040. The van der Waals surface area contributed by atoms with Gasteiger partial charge in [-0.2, -0.15) is 4.99 Å². The number of halogens is 2. The summed E-state index contributed by atoms with van der Waals surface area (Å²) in [5, 5.41) is 3.31. The number of hydrogen-bond donors (Lipinski definition) is 1. The van der Waals surface area contributed by atoms with Crippen molar-refractivity contribution < 1.29 is 28.2 Å². The van der Waals surface area contributed by atoms with Gasteiger partial charge in [-0.05, 0) is 72.5 Å². The fourth-order valence-corrected chi connectivity index (χ4v) is 6.45. The highest BCUT2D eigenvalue weighted by atomic mass is 35.5. The zero-order valence-corrected chi connectivity index (χ0v) is 30.7. The van der Waals surface area contributed by atoms with Crippen molar-refractivity contribution in [1.29, 1.82) is 0 Å². The van der Waals surface area contributed by atoms with Gasteiger partial charge in [0, 0.05) is 5.70 Å². The maximum atomic E-state index is 14.2. The highest BCUT2D eigenvalue weighted by Crippen LogP contribution is 2.38. The first-order valence-electron chi connectivity index (χ1n) is 16.7. The minimum Gasteiger partial charge on any atom is -0.490 e. The summed E-state index contributed by atoms with van der Waals surface area (Å²) in [4.78, 5) is 46.7. The third kappa shape index (κ3) is 10.0. The van der Waals surface area contributed by atoms with Crippen LogP contribution in [-0.4, -0.2) is 40.1 Å². The van der Waals surface area contributed by atoms with E-state index in [2.05, 4.69) is 16.9 Å². The van der Waals surface area contributed by atoms with Crippen LogP contribution < -0.4 is 14.8 Å². The van der Waals surface area contributed by atoms with Crippen molar-refractivity contribution in [2.75, 3.05) is 12.4 Å². The number of amidine groups is 1. The van der Waals surface area contributed by atoms with E-state index >= 15 is 0 Å². The fraction of sp³-hybridized carbons (Fsp3) is 0.143. The van der Waals surface area contributed by atoms with Gasteiger partial charge >= 0.3 is 0 Å². The van der Waals surface area contributed by atoms with Crippen molar-refractivity contribution in [1.82, 2.24) is 10.2 Å². The zero-order chi connectivity index (χ0) is 37.7. The molecule has 0 radical (unpaired) electrons. The SMILES string of the molecule is C=C/C=C\C(=C/C)N1C(=O)/C(=C/c2cc(Cl)c(OCc3ccc(F)cc3)c(OCC)c2)C(=O)N=C1SCC(=O)NC(c1ccccc1)c1ccccc1. The van der Waals surface area contributed by atoms with E-state index in [-0.39, 0.29) is 52.2 Å². The molecule has 1 heterocycles. The van der Waals surface area contributed by atoms with Gasteiger partial charge in [0.15, 0.2) is 16.7 Å². The standard InChI is InChI=1S/C42H37ClFN3O5S/c1-4-7-18-33(5-2)47-41(50)34(23-29-24-35(43)39(36(25-29)51-6-3)52-26-28-19-21-32(44)22-20-28)40(49)46-42(47)53-27-37(48)45-38(30-14-10-8-11-15-30)31-16-12-9-13-17-31/h4-5,7-25,38H,1,6,26-27H2,2-3H3,(H,45,48)/b18-7-,33-5+,34-23+. The molecule has 0 unspecified atom stereocenters. The number of benzene rings is 4. The molecule has 0 spiro atoms. The van der Waals surface area contributed by atoms with Gasteiger partial charge in [-0.1, -0.05) is 121 Å². The maximum Gasteiger partial charge on any atom is 0.285 e. The fourth-order valence-electron chi connectivity index (χ4n) is 5.37. The summed E-state index contributed by atoms with van der Waals surface area (Å²) in [6.07, 6.45) is 7.95. The third-order valence-electron chi connectivity index (χ3n) is 7.85. The first-order chi connectivity index (χ1) is 25.7. The molecular weight excluding hydrogens is 713 g/mol. The molecule has 1 N–H and O–H groups in total. The van der Waals surface area contributed by atoms with E-state index in [1.165, 1.54) is 23.1 Å². The maximum absolute atomic E-state index is 14.2. The number of aliphatic imine (C=N–C) groups is 1. The van der Waals surface area contributed by atoms with E-state index < -0.39 is 17.9 Å². The predicted octanol–water partition coefficient (Wildman–Crippen LogP) is 8.85. The summed E-state index contributed by atoms with van der Waals surface area (Å²) in [5.41, 5.74) is 3.11. The van der Waals surface area contributed by atoms with Gasteiger partial charge in [-0.25, -0.2) is 4.39 Å². The molecule has 0 aliphatic carbocycles. The van der Waals surface area contributed by atoms with E-state index in [1.807, 2.05) is 60.7 Å². The molecule has 4 aromatic rings. The first kappa shape index (κ1) is 38.5. The minimum atomic E-state index is -0.783. The van der Waals surface area contributed by atoms with Gasteiger partial charge in [0.1, 0.15) is 18.0 Å². The zero-order valence-electron chi connectivity index (χ0n) is 29.1. The number of allylic oxidation sites excluding steroid dienone is 4. The van der Waals surface area contributed by atoms with Crippen LogP contribution in [0.3, 0.4) is 0 Å². The number of ether oxygens (including phenoxy) is 2. The molecule has 5 rings (SSSR count). The van der Waals surface area contributed by atoms with Gasteiger partial charge in [0.2, 0.25) is 5.91 Å². The number of hydrogen-bond acceptors (Lipinski definition) is 6. The molecule has 0 aromatic heterocycles. The number of carbonyl (C=O) groups is 3. The Morgan fingerprint density at radius 3 is 2.26 bits per heavy atom. The van der Waals surface area contributed by atoms with E-state index in [0.29, 0.717) is 17.0 Å². The second-order valence-corrected chi connectivity index (χ2v) is 12.8. The lowest BCUT2D eigenvalue weighted by molar-refractivity contribution is -0.126. The summed E-state index contributed by atoms with van der Waals surface area (Å²) in [7, 11) is 0. The summed E-state index contributed by atoms with van der Waals surface area (Å²) >= 11 is 7.62. The largest absolute Gasteiger partial charge is 0.490 e. The summed E-state index contributed by atoms with van der Waals surface area (Å²) in [6, 6.07) is 27.8. The molecule has 1 aliphatic rings. The lowest BCUT2D eigenvalue weighted by Crippen LogP contribution is -2.42. The lowest BCUT2D eigenvalue weighted by atomic mass is 9.99. The van der Waals surface area contributed by atoms with Gasteiger partial charge in [-0.15, -0.1) is 0 Å². The van der Waals surface area contributed by atoms with Crippen LogP contribution in [0.15, 0.2) is 144 Å². The molecule has 0 saturated carbocycles. The van der Waals surface area contributed by atoms with Crippen molar-refractivity contribution in [3.05, 3.63) is 172 Å². The van der Waals surface area contributed by atoms with Crippen molar-refractivity contribution in [3.8, 4) is 11.5 Å². The molecule has 11 heteroatoms. The van der Waals surface area contributed by atoms with Crippen LogP contribution in [0.4, 0.5) is 4.39 Å². The van der Waals surface area contributed by atoms with Gasteiger partial charge in [0.05, 0.1) is 23.4 Å². The molecule has 1 aliphatic heterocycles. The number of rotatable bonds is 14. The molecule has 8 nitrogen and oxygen atoms in total. The average Bonchev–Trinajstić information content (AvgIpc) is 3.16. The Kier molecular flexibility index (Phi) is 13.6. The van der Waals surface area contributed by atoms with Crippen LogP contribution >= 0.6 is 23.4 Å². The van der Waals surface area contributed by atoms with Crippen LogP contribution in [0.2, 0.25) is 5.02 Å². The Morgan fingerprint density at radius 2 is 1.66 bits per heavy atom. The molecule has 270 valence electrons. The van der Waals surface area contributed by atoms with Gasteiger partial charge < -0.3 is 14.8 Å². The third-order valence-corrected chi connectivity index (χ3v) is 9.07. The highest BCUT2D eigenvalue weighted by molar-refractivity contribution is 8.14. The van der Waals surface area contributed by atoms with Gasteiger partial charge in [-0.3, -0.25) is 19.3 Å². The Balaban J connectivity index is 1.42. The van der Waals surface area contributed by atoms with Crippen LogP contribution in [0, 0.1) is 5.82 Å². The quantitative estimate of drug-likeness (QED) is 0.0787. The first-order valence-corrected chi connectivity index (χ1v) is 18.1. The minimum absolute atomic E-state index is 0.0441. The molecule has 0 fully saturated rings. The van der Waals surface area contributed by atoms with Crippen LogP contribution in [0.25, 0.3) is 6.08 Å². The number of nitrogens with zero attached hydrogens (tertiary/aromatic N) is 2. The molecule has 53 heavy (non-hydrogen) atoms. The topological polar surface area (TPSA) is 97.3 Å². The predicted molar refractivity (Wildman–Crippen MR) is 209 cm³/mol. The molecule has 0 atom stereocenters. The molecule has 0 bridgehead atoms. The Morgan fingerprint density at radius 1 is 1.00 bits per heavy atom. The second kappa shape index (κ2) is 18.7. The summed E-state index contributed by atoms with van der Waals surface area (Å²) in [6.45, 7) is 7.64. The smallest absolute Gasteiger partial charge is 0.285 e. The van der Waals surface area contributed by atoms with Crippen molar-refractivity contribution >= 4 is 52.3 Å². The van der Waals surface area contributed by atoms with E-state index in [9.17, 15) is 18.8 Å². The number of carbonyl (C=O) groups excluding carboxylic acids is 3. The van der Waals surface area contributed by atoms with Crippen LogP contribution in [0.1, 0.15) is 42.1 Å². The number of thioether (sulfide) groups is 1. The van der Waals surface area contributed by atoms with Crippen molar-refractivity contribution in [3.63, 3.8) is 0 Å². The van der Waals surface area contributed by atoms with E-state index in [0.717, 1.165) is 28.5 Å². The van der Waals surface area contributed by atoms with Gasteiger partial charge in [0.25, 0.3) is 11.8 Å². The van der Waals surface area contributed by atoms with Crippen molar-refractivity contribution in [2.24, 2.45) is 4.99 Å². The average molecular weight is 750 g/mol. The van der Waals surface area contributed by atoms with Crippen molar-refractivity contribution in [2.45, 2.75) is 26.5 Å². The lowest BCUT2D eigenvalue weighted by Gasteiger charge is -2.28. The highest BCUT2D eigenvalue weighted by Gasteiger charge is 2.35. The summed E-state index contributed by atoms with van der Waals surface area (Å²) in [5.74, 6) is -1.69. The molecular formula is C42H37ClFN3O5S. The second-order valence-electron chi connectivity index (χ2n) is 11.5. The van der Waals surface area contributed by atoms with Crippen LogP contribution in [0.5, 0.6) is 11.5 Å². The number of nitrogens with one attached hydrogen (secondary N) is 1. The van der Waals surface area contributed by atoms with E-state index in [4.69, 9.17) is 21.1 Å². The Labute approximate surface area is 317 Å². The summed E-state index contributed by atoms with van der Waals surface area (Å²) < 4.78 is 25.1. The Hall–Kier alpha value is -5.71. The molecule has 0 saturated heterocycles. The normalized spacial score (nSPS) is 14.1. The van der Waals surface area contributed by atoms with Crippen LogP contribution in [-0.2, 0) is 21.0 Å². The molecule has 4 aromatic carbocycles. The number of amides is 3. The monoisotopic (exact) mass is 749 g/mol.